The number of anilines is 1. The van der Waals surface area contributed by atoms with E-state index in [-0.39, 0.29) is 0 Å². The second kappa shape index (κ2) is 6.13. The first-order chi connectivity index (χ1) is 8.84. The van der Waals surface area contributed by atoms with Crippen LogP contribution in [0.4, 0.5) is 11.4 Å². The van der Waals surface area contributed by atoms with Gasteiger partial charge < -0.3 is 5.43 Å². The fourth-order valence-electron chi connectivity index (χ4n) is 1.30. The van der Waals surface area contributed by atoms with E-state index in [1.54, 1.807) is 24.3 Å². The van der Waals surface area contributed by atoms with E-state index in [1.807, 2.05) is 36.4 Å². The Balaban J connectivity index is 1.85. The van der Waals surface area contributed by atoms with Crippen LogP contribution < -0.4 is 5.32 Å². The molecule has 2 aromatic carbocycles. The lowest BCUT2D eigenvalue weighted by Gasteiger charge is -2.07. The lowest BCUT2D eigenvalue weighted by Crippen LogP contribution is -2.12. The highest BCUT2D eigenvalue weighted by Gasteiger charge is 2.11. The van der Waals surface area contributed by atoms with Crippen LogP contribution >= 0.6 is 0 Å². The molecule has 4 nitrogen and oxygen atoms in total. The van der Waals surface area contributed by atoms with E-state index in [1.165, 1.54) is 0 Å². The third-order valence-corrected chi connectivity index (χ3v) is 2.10. The number of carbonyl (C=O) groups excluding carboxylic acids is 1. The number of hydrogen-bond acceptors (Lipinski definition) is 2. The zero-order valence-electron chi connectivity index (χ0n) is 9.58. The molecule has 0 heterocycles. The highest BCUT2D eigenvalue weighted by Crippen LogP contribution is 2.16. The lowest BCUT2D eigenvalue weighted by atomic mass is 10.3. The highest BCUT2D eigenvalue weighted by molar-refractivity contribution is 6.31. The van der Waals surface area contributed by atoms with Crippen molar-refractivity contribution < 1.29 is 4.79 Å². The minimum atomic E-state index is -0.430. The molecule has 0 fully saturated rings. The molecule has 4 heteroatoms. The Kier molecular flexibility index (Phi) is 4.01. The van der Waals surface area contributed by atoms with Crippen molar-refractivity contribution >= 4 is 23.5 Å². The van der Waals surface area contributed by atoms with Crippen LogP contribution in [-0.2, 0) is 4.79 Å². The van der Waals surface area contributed by atoms with Crippen molar-refractivity contribution in [1.82, 2.24) is 0 Å². The molecule has 2 aromatic rings. The van der Waals surface area contributed by atoms with E-state index in [2.05, 4.69) is 22.1 Å². The van der Waals surface area contributed by atoms with Crippen molar-refractivity contribution in [2.24, 2.45) is 5.10 Å². The Labute approximate surface area is 105 Å². The SMILES string of the molecule is O=C([C+]=N[N-]c1ccccc1)Nc1ccccc1. The molecule has 0 saturated heterocycles. The molecule has 0 radical (unpaired) electrons. The Morgan fingerprint density at radius 2 is 1.61 bits per heavy atom. The Morgan fingerprint density at radius 3 is 2.28 bits per heavy atom. The molecule has 0 aliphatic rings. The number of carbonyl (C=O) groups is 1. The molecule has 0 saturated carbocycles. The van der Waals surface area contributed by atoms with Crippen LogP contribution in [-0.4, -0.2) is 12.1 Å². The second-order valence-corrected chi connectivity index (χ2v) is 3.47. The fourth-order valence-corrected chi connectivity index (χ4v) is 1.30. The summed E-state index contributed by atoms with van der Waals surface area (Å²) in [5.41, 5.74) is 5.22. The van der Waals surface area contributed by atoms with E-state index in [0.29, 0.717) is 11.4 Å². The summed E-state index contributed by atoms with van der Waals surface area (Å²) in [6, 6.07) is 18.3. The Morgan fingerprint density at radius 1 is 1.00 bits per heavy atom. The number of nitrogens with zero attached hydrogens (tertiary/aromatic N) is 2. The molecule has 0 unspecified atom stereocenters. The third-order valence-electron chi connectivity index (χ3n) is 2.10. The van der Waals surface area contributed by atoms with E-state index >= 15 is 0 Å². The van der Waals surface area contributed by atoms with Crippen molar-refractivity contribution in [3.05, 3.63) is 66.1 Å². The number of para-hydroxylation sites is 1. The van der Waals surface area contributed by atoms with Gasteiger partial charge in [-0.15, -0.1) is 10.8 Å². The predicted octanol–water partition coefficient (Wildman–Crippen LogP) is 3.19. The first kappa shape index (κ1) is 11.8. The van der Waals surface area contributed by atoms with Gasteiger partial charge in [-0.3, -0.25) is 5.32 Å². The van der Waals surface area contributed by atoms with Gasteiger partial charge in [0.1, 0.15) is 0 Å². The van der Waals surface area contributed by atoms with Gasteiger partial charge in [-0.25, -0.2) is 4.79 Å². The summed E-state index contributed by atoms with van der Waals surface area (Å²) in [6.07, 6.45) is 2.29. The fraction of sp³-hybridized carbons (Fsp3) is 0. The molecule has 0 aliphatic heterocycles. The molecule has 0 atom stereocenters. The smallest absolute Gasteiger partial charge is 0.521 e. The predicted molar refractivity (Wildman–Crippen MR) is 72.0 cm³/mol. The molecule has 18 heavy (non-hydrogen) atoms. The van der Waals surface area contributed by atoms with Gasteiger partial charge in [-0.2, -0.15) is 0 Å². The summed E-state index contributed by atoms with van der Waals surface area (Å²) < 4.78 is 0. The third kappa shape index (κ3) is 3.70. The molecule has 0 aliphatic carbocycles. The van der Waals surface area contributed by atoms with Gasteiger partial charge in [0.25, 0.3) is 0 Å². The van der Waals surface area contributed by atoms with E-state index < -0.39 is 5.91 Å². The molecule has 0 bridgehead atoms. The first-order valence-corrected chi connectivity index (χ1v) is 5.42. The van der Waals surface area contributed by atoms with Gasteiger partial charge in [0, 0.05) is 5.69 Å². The average Bonchev–Trinajstić information content (AvgIpc) is 2.41. The second-order valence-electron chi connectivity index (χ2n) is 3.47. The minimum absolute atomic E-state index is 0.430. The van der Waals surface area contributed by atoms with Gasteiger partial charge >= 0.3 is 12.1 Å². The number of rotatable bonds is 4. The van der Waals surface area contributed by atoms with Gasteiger partial charge in [0.15, 0.2) is 0 Å². The topological polar surface area (TPSA) is 55.6 Å². The van der Waals surface area contributed by atoms with Crippen LogP contribution in [0.25, 0.3) is 5.43 Å². The van der Waals surface area contributed by atoms with E-state index in [4.69, 9.17) is 0 Å². The number of benzene rings is 2. The summed E-state index contributed by atoms with van der Waals surface area (Å²) >= 11 is 0. The van der Waals surface area contributed by atoms with Crippen LogP contribution in [0, 0.1) is 0 Å². The van der Waals surface area contributed by atoms with Crippen LogP contribution in [0.2, 0.25) is 0 Å². The van der Waals surface area contributed by atoms with Crippen LogP contribution in [0.15, 0.2) is 65.8 Å². The largest absolute Gasteiger partial charge is 0.525 e. The normalized spacial score (nSPS) is 9.78. The summed E-state index contributed by atoms with van der Waals surface area (Å²) in [7, 11) is 0. The van der Waals surface area contributed by atoms with Gasteiger partial charge in [0.2, 0.25) is 0 Å². The zero-order chi connectivity index (χ0) is 12.6. The first-order valence-electron chi connectivity index (χ1n) is 5.42. The van der Waals surface area contributed by atoms with Gasteiger partial charge in [-0.05, 0) is 12.1 Å². The maximum Gasteiger partial charge on any atom is 0.521 e. The summed E-state index contributed by atoms with van der Waals surface area (Å²) in [5, 5.41) is 6.23. The summed E-state index contributed by atoms with van der Waals surface area (Å²) in [4.78, 5) is 11.4. The minimum Gasteiger partial charge on any atom is -0.525 e. The van der Waals surface area contributed by atoms with Crippen LogP contribution in [0.5, 0.6) is 0 Å². The number of amides is 1. The van der Waals surface area contributed by atoms with Crippen LogP contribution in [0.1, 0.15) is 0 Å². The number of hydrogen-bond donors (Lipinski definition) is 1. The lowest BCUT2D eigenvalue weighted by molar-refractivity contribution is -0.109. The standard InChI is InChI=1S/C14H11N3O/c18-14(16-12-7-3-1-4-8-12)11-15-17-13-9-5-2-6-10-13/h1-10H,(H-,16,17,18). The molecule has 0 spiro atoms. The molecule has 88 valence electrons. The van der Waals surface area contributed by atoms with Crippen molar-refractivity contribution in [1.29, 1.82) is 0 Å². The molecular weight excluding hydrogens is 226 g/mol. The molecular formula is C14H11N3O. The maximum absolute atomic E-state index is 11.4. The van der Waals surface area contributed by atoms with E-state index in [9.17, 15) is 4.79 Å². The van der Waals surface area contributed by atoms with Crippen molar-refractivity contribution in [2.75, 3.05) is 5.32 Å². The zero-order valence-corrected chi connectivity index (χ0v) is 9.58. The molecule has 0 aromatic heterocycles. The molecule has 1 N–H and O–H groups in total. The Hall–Kier alpha value is -2.71. The highest BCUT2D eigenvalue weighted by atomic mass is 16.1. The average molecular weight is 237 g/mol. The van der Waals surface area contributed by atoms with Gasteiger partial charge in [0.05, 0.1) is 0 Å². The van der Waals surface area contributed by atoms with E-state index in [0.717, 1.165) is 0 Å². The number of nitrogens with one attached hydrogen (secondary N) is 1. The Bertz CT molecular complexity index is 523. The van der Waals surface area contributed by atoms with Crippen LogP contribution in [0.3, 0.4) is 0 Å². The molecule has 2 rings (SSSR count). The van der Waals surface area contributed by atoms with Gasteiger partial charge in [-0.1, -0.05) is 48.5 Å². The summed E-state index contributed by atoms with van der Waals surface area (Å²) in [5.74, 6) is -0.430. The van der Waals surface area contributed by atoms with Crippen molar-refractivity contribution in [3.8, 4) is 0 Å². The van der Waals surface area contributed by atoms with Crippen molar-refractivity contribution in [2.45, 2.75) is 0 Å². The molecule has 1 amide bonds. The van der Waals surface area contributed by atoms with Crippen molar-refractivity contribution in [3.63, 3.8) is 0 Å². The monoisotopic (exact) mass is 237 g/mol. The maximum atomic E-state index is 11.4. The quantitative estimate of drug-likeness (QED) is 0.495. The summed E-state index contributed by atoms with van der Waals surface area (Å²) in [6.45, 7) is 0.